The van der Waals surface area contributed by atoms with Gasteiger partial charge in [-0.15, -0.1) is 0 Å². The summed E-state index contributed by atoms with van der Waals surface area (Å²) in [5, 5.41) is 0. The maximum atomic E-state index is 5.53. The van der Waals surface area contributed by atoms with Crippen molar-refractivity contribution >= 4 is 0 Å². The van der Waals surface area contributed by atoms with Crippen LogP contribution in [0.25, 0.3) is 0 Å². The van der Waals surface area contributed by atoms with Gasteiger partial charge in [-0.1, -0.05) is 31.7 Å². The van der Waals surface area contributed by atoms with Crippen LogP contribution >= 0.6 is 0 Å². The van der Waals surface area contributed by atoms with Crippen molar-refractivity contribution in [1.29, 1.82) is 0 Å². The molecular formula is C19H26O. The Balaban J connectivity index is 1.88. The number of hydrogen-bond acceptors (Lipinski definition) is 1. The van der Waals surface area contributed by atoms with Crippen molar-refractivity contribution in [3.63, 3.8) is 0 Å². The molecule has 2 bridgehead atoms. The van der Waals surface area contributed by atoms with E-state index in [9.17, 15) is 0 Å². The lowest BCUT2D eigenvalue weighted by atomic mass is 9.53. The molecule has 2 fully saturated rings. The molecule has 20 heavy (non-hydrogen) atoms. The monoisotopic (exact) mass is 270 g/mol. The first-order valence-electron chi connectivity index (χ1n) is 8.51. The predicted molar refractivity (Wildman–Crippen MR) is 82.3 cm³/mol. The molecule has 4 rings (SSSR count). The van der Waals surface area contributed by atoms with E-state index in [1.54, 1.807) is 18.2 Å². The van der Waals surface area contributed by atoms with Crippen molar-refractivity contribution in [3.05, 3.63) is 29.3 Å². The summed E-state index contributed by atoms with van der Waals surface area (Å²) in [5.41, 5.74) is 3.80. The average Bonchev–Trinajstić information content (AvgIpc) is 2.64. The van der Waals surface area contributed by atoms with Crippen LogP contribution in [0.4, 0.5) is 0 Å². The molecule has 3 aliphatic carbocycles. The summed E-state index contributed by atoms with van der Waals surface area (Å²) in [6.45, 7) is 0. The Morgan fingerprint density at radius 2 is 1.85 bits per heavy atom. The molecule has 1 aromatic rings. The number of benzene rings is 1. The van der Waals surface area contributed by atoms with E-state index in [0.29, 0.717) is 5.41 Å². The van der Waals surface area contributed by atoms with Crippen molar-refractivity contribution in [3.8, 4) is 5.75 Å². The van der Waals surface area contributed by atoms with Crippen LogP contribution in [0.2, 0.25) is 0 Å². The van der Waals surface area contributed by atoms with Gasteiger partial charge in [-0.3, -0.25) is 0 Å². The van der Waals surface area contributed by atoms with Crippen LogP contribution in [-0.4, -0.2) is 7.11 Å². The molecule has 0 N–H and O–H groups in total. The van der Waals surface area contributed by atoms with Gasteiger partial charge in [0.05, 0.1) is 7.11 Å². The summed E-state index contributed by atoms with van der Waals surface area (Å²) in [4.78, 5) is 0. The van der Waals surface area contributed by atoms with E-state index in [-0.39, 0.29) is 0 Å². The molecule has 1 heteroatoms. The SMILES string of the molecule is COc1ccc2c(c1)C13CCCC[C@@H](C2)[C@H]1CCCC3. The fraction of sp³-hybridized carbons (Fsp3) is 0.684. The van der Waals surface area contributed by atoms with E-state index in [1.165, 1.54) is 57.8 Å². The van der Waals surface area contributed by atoms with Crippen LogP contribution in [0.5, 0.6) is 5.75 Å². The van der Waals surface area contributed by atoms with Gasteiger partial charge >= 0.3 is 0 Å². The molecule has 108 valence electrons. The quantitative estimate of drug-likeness (QED) is 0.707. The summed E-state index contributed by atoms with van der Waals surface area (Å²) in [6, 6.07) is 6.92. The first-order valence-corrected chi connectivity index (χ1v) is 8.51. The zero-order valence-corrected chi connectivity index (χ0v) is 12.7. The van der Waals surface area contributed by atoms with E-state index in [1.807, 2.05) is 0 Å². The van der Waals surface area contributed by atoms with E-state index in [0.717, 1.165) is 17.6 Å². The Morgan fingerprint density at radius 1 is 1.05 bits per heavy atom. The Bertz CT molecular complexity index is 506. The predicted octanol–water partition coefficient (Wildman–Crippen LogP) is 4.87. The molecule has 0 aromatic heterocycles. The molecule has 0 amide bonds. The standard InChI is InChI=1S/C19H26O/c1-20-16-9-8-15-12-14-6-2-4-10-19(18(15)13-16)11-5-3-7-17(14)19/h8-9,13-14,17H,2-7,10-12H2,1H3/t14-,17+,19?/m0/s1. The molecule has 1 aromatic carbocycles. The highest BCUT2D eigenvalue weighted by Crippen LogP contribution is 2.57. The summed E-state index contributed by atoms with van der Waals surface area (Å²) < 4.78 is 5.53. The topological polar surface area (TPSA) is 9.23 Å². The minimum absolute atomic E-state index is 0.502. The van der Waals surface area contributed by atoms with Crippen LogP contribution < -0.4 is 4.74 Å². The molecule has 1 nitrogen and oxygen atoms in total. The second kappa shape index (κ2) is 4.79. The first kappa shape index (κ1) is 12.7. The Morgan fingerprint density at radius 3 is 2.65 bits per heavy atom. The summed E-state index contributed by atoms with van der Waals surface area (Å²) in [6.07, 6.45) is 12.9. The average molecular weight is 270 g/mol. The Hall–Kier alpha value is -0.980. The third-order valence-corrected chi connectivity index (χ3v) is 6.45. The van der Waals surface area contributed by atoms with Gasteiger partial charge in [0.25, 0.3) is 0 Å². The zero-order valence-electron chi connectivity index (χ0n) is 12.7. The van der Waals surface area contributed by atoms with Gasteiger partial charge in [-0.05, 0) is 72.6 Å². The minimum atomic E-state index is 0.502. The van der Waals surface area contributed by atoms with Crippen LogP contribution in [-0.2, 0) is 11.8 Å². The lowest BCUT2D eigenvalue weighted by Gasteiger charge is -2.51. The second-order valence-corrected chi connectivity index (χ2v) is 7.24. The lowest BCUT2D eigenvalue weighted by molar-refractivity contribution is 0.105. The van der Waals surface area contributed by atoms with E-state index >= 15 is 0 Å². The molecule has 0 saturated heterocycles. The Labute approximate surface area is 122 Å². The molecular weight excluding hydrogens is 244 g/mol. The van der Waals surface area contributed by atoms with Crippen molar-refractivity contribution in [2.24, 2.45) is 11.8 Å². The molecule has 0 radical (unpaired) electrons. The molecule has 3 aliphatic rings. The summed E-state index contributed by atoms with van der Waals surface area (Å²) in [5.74, 6) is 2.97. The summed E-state index contributed by atoms with van der Waals surface area (Å²) in [7, 11) is 1.80. The smallest absolute Gasteiger partial charge is 0.119 e. The number of fused-ring (bicyclic) bond motifs is 1. The highest BCUT2D eigenvalue weighted by atomic mass is 16.5. The van der Waals surface area contributed by atoms with Gasteiger partial charge in [0, 0.05) is 0 Å². The van der Waals surface area contributed by atoms with Crippen molar-refractivity contribution in [1.82, 2.24) is 0 Å². The third kappa shape index (κ3) is 1.75. The normalized spacial score (nSPS) is 35.6. The van der Waals surface area contributed by atoms with Gasteiger partial charge in [0.1, 0.15) is 5.75 Å². The fourth-order valence-electron chi connectivity index (χ4n) is 5.63. The highest BCUT2D eigenvalue weighted by molar-refractivity contribution is 5.44. The number of rotatable bonds is 1. The van der Waals surface area contributed by atoms with Crippen LogP contribution in [0.15, 0.2) is 18.2 Å². The van der Waals surface area contributed by atoms with Gasteiger partial charge in [-0.2, -0.15) is 0 Å². The van der Waals surface area contributed by atoms with Crippen LogP contribution in [0.1, 0.15) is 62.5 Å². The van der Waals surface area contributed by atoms with E-state index < -0.39 is 0 Å². The largest absolute Gasteiger partial charge is 0.497 e. The second-order valence-electron chi connectivity index (χ2n) is 7.24. The van der Waals surface area contributed by atoms with Crippen molar-refractivity contribution in [2.45, 2.75) is 63.2 Å². The van der Waals surface area contributed by atoms with E-state index in [4.69, 9.17) is 4.74 Å². The molecule has 1 unspecified atom stereocenters. The van der Waals surface area contributed by atoms with Crippen molar-refractivity contribution in [2.75, 3.05) is 7.11 Å². The third-order valence-electron chi connectivity index (χ3n) is 6.45. The molecule has 2 saturated carbocycles. The van der Waals surface area contributed by atoms with Crippen LogP contribution in [0, 0.1) is 11.8 Å². The van der Waals surface area contributed by atoms with Crippen molar-refractivity contribution < 1.29 is 4.74 Å². The zero-order chi connectivity index (χ0) is 13.6. The minimum Gasteiger partial charge on any atom is -0.497 e. The Kier molecular flexibility index (Phi) is 3.05. The summed E-state index contributed by atoms with van der Waals surface area (Å²) >= 11 is 0. The molecule has 0 spiro atoms. The lowest BCUT2D eigenvalue weighted by Crippen LogP contribution is -2.45. The van der Waals surface area contributed by atoms with Gasteiger partial charge < -0.3 is 4.74 Å². The number of hydrogen-bond donors (Lipinski definition) is 0. The number of ether oxygens (including phenoxy) is 1. The maximum Gasteiger partial charge on any atom is 0.119 e. The van der Waals surface area contributed by atoms with Gasteiger partial charge in [0.2, 0.25) is 0 Å². The molecule has 0 aliphatic heterocycles. The molecule has 3 atom stereocenters. The fourth-order valence-corrected chi connectivity index (χ4v) is 5.63. The molecule has 0 heterocycles. The first-order chi connectivity index (χ1) is 9.83. The number of methoxy groups -OCH3 is 1. The van der Waals surface area contributed by atoms with Gasteiger partial charge in [-0.25, -0.2) is 0 Å². The van der Waals surface area contributed by atoms with Gasteiger partial charge in [0.15, 0.2) is 0 Å². The van der Waals surface area contributed by atoms with Crippen LogP contribution in [0.3, 0.4) is 0 Å². The maximum absolute atomic E-state index is 5.53. The highest BCUT2D eigenvalue weighted by Gasteiger charge is 2.49. The van der Waals surface area contributed by atoms with E-state index in [2.05, 4.69) is 18.2 Å².